The molecule has 4 heteroatoms. The van der Waals surface area contributed by atoms with E-state index in [2.05, 4.69) is 22.2 Å². The summed E-state index contributed by atoms with van der Waals surface area (Å²) in [7, 11) is 1.70. The molecule has 0 fully saturated rings. The van der Waals surface area contributed by atoms with Crippen LogP contribution in [0.15, 0.2) is 30.6 Å². The van der Waals surface area contributed by atoms with Gasteiger partial charge in [-0.15, -0.1) is 0 Å². The lowest BCUT2D eigenvalue weighted by atomic mass is 10.1. The maximum absolute atomic E-state index is 5.41. The van der Waals surface area contributed by atoms with E-state index in [0.717, 1.165) is 47.8 Å². The normalized spacial score (nSPS) is 10.6. The summed E-state index contributed by atoms with van der Waals surface area (Å²) in [6.07, 6.45) is 4.61. The molecule has 0 saturated carbocycles. The molecule has 0 spiro atoms. The van der Waals surface area contributed by atoms with Crippen molar-refractivity contribution in [3.8, 4) is 5.75 Å². The Labute approximate surface area is 120 Å². The van der Waals surface area contributed by atoms with Crippen molar-refractivity contribution in [1.82, 2.24) is 15.3 Å². The molecule has 106 valence electrons. The van der Waals surface area contributed by atoms with Gasteiger partial charge in [0.15, 0.2) is 0 Å². The Balaban J connectivity index is 1.88. The molecule has 0 bridgehead atoms. The minimum Gasteiger partial charge on any atom is -0.496 e. The lowest BCUT2D eigenvalue weighted by Crippen LogP contribution is -2.19. The Morgan fingerprint density at radius 1 is 1.20 bits per heavy atom. The summed E-state index contributed by atoms with van der Waals surface area (Å²) < 4.78 is 5.41. The van der Waals surface area contributed by atoms with Gasteiger partial charge >= 0.3 is 0 Å². The van der Waals surface area contributed by atoms with E-state index in [1.807, 2.05) is 37.5 Å². The topological polar surface area (TPSA) is 47.0 Å². The molecule has 1 N–H and O–H groups in total. The molecule has 0 saturated heterocycles. The molecular formula is C16H21N3O. The SMILES string of the molecule is COc1c(C)cnc(CNCCc2ccccn2)c1C. The van der Waals surface area contributed by atoms with Gasteiger partial charge in [0.05, 0.1) is 12.8 Å². The van der Waals surface area contributed by atoms with E-state index in [0.29, 0.717) is 0 Å². The molecule has 2 aromatic heterocycles. The quantitative estimate of drug-likeness (QED) is 0.820. The molecule has 0 radical (unpaired) electrons. The monoisotopic (exact) mass is 271 g/mol. The third-order valence-electron chi connectivity index (χ3n) is 3.33. The van der Waals surface area contributed by atoms with Crippen LogP contribution in [-0.2, 0) is 13.0 Å². The van der Waals surface area contributed by atoms with Crippen LogP contribution in [0.5, 0.6) is 5.75 Å². The highest BCUT2D eigenvalue weighted by atomic mass is 16.5. The highest BCUT2D eigenvalue weighted by molar-refractivity contribution is 5.40. The number of methoxy groups -OCH3 is 1. The number of nitrogens with one attached hydrogen (secondary N) is 1. The highest BCUT2D eigenvalue weighted by Crippen LogP contribution is 2.23. The Kier molecular flexibility index (Phi) is 5.07. The van der Waals surface area contributed by atoms with Gasteiger partial charge in [0.1, 0.15) is 5.75 Å². The maximum Gasteiger partial charge on any atom is 0.128 e. The fourth-order valence-corrected chi connectivity index (χ4v) is 2.22. The van der Waals surface area contributed by atoms with Crippen LogP contribution < -0.4 is 10.1 Å². The molecule has 0 aliphatic carbocycles. The molecule has 0 amide bonds. The molecule has 20 heavy (non-hydrogen) atoms. The molecule has 2 aromatic rings. The second-order valence-electron chi connectivity index (χ2n) is 4.79. The smallest absolute Gasteiger partial charge is 0.128 e. The Hall–Kier alpha value is -1.94. The molecule has 0 atom stereocenters. The number of pyridine rings is 2. The fourth-order valence-electron chi connectivity index (χ4n) is 2.22. The van der Waals surface area contributed by atoms with E-state index in [4.69, 9.17) is 4.74 Å². The summed E-state index contributed by atoms with van der Waals surface area (Å²) in [5.41, 5.74) is 4.32. The van der Waals surface area contributed by atoms with Crippen LogP contribution in [0.1, 0.15) is 22.5 Å². The molecule has 2 heterocycles. The van der Waals surface area contributed by atoms with E-state index in [9.17, 15) is 0 Å². The first-order valence-electron chi connectivity index (χ1n) is 6.82. The number of nitrogens with zero attached hydrogens (tertiary/aromatic N) is 2. The third kappa shape index (κ3) is 3.54. The van der Waals surface area contributed by atoms with Gasteiger partial charge in [-0.2, -0.15) is 0 Å². The van der Waals surface area contributed by atoms with Crippen LogP contribution in [0.4, 0.5) is 0 Å². The zero-order valence-corrected chi connectivity index (χ0v) is 12.3. The van der Waals surface area contributed by atoms with E-state index >= 15 is 0 Å². The van der Waals surface area contributed by atoms with Crippen molar-refractivity contribution in [3.05, 3.63) is 53.1 Å². The first-order valence-corrected chi connectivity index (χ1v) is 6.82. The number of ether oxygens (including phenoxy) is 1. The molecule has 0 aliphatic heterocycles. The van der Waals surface area contributed by atoms with Crippen molar-refractivity contribution in [2.24, 2.45) is 0 Å². The number of hydrogen-bond donors (Lipinski definition) is 1. The van der Waals surface area contributed by atoms with Crippen LogP contribution in [-0.4, -0.2) is 23.6 Å². The van der Waals surface area contributed by atoms with E-state index in [-0.39, 0.29) is 0 Å². The van der Waals surface area contributed by atoms with Crippen molar-refractivity contribution >= 4 is 0 Å². The predicted octanol–water partition coefficient (Wildman–Crippen LogP) is 2.43. The molecule has 0 aliphatic rings. The Bertz CT molecular complexity index is 555. The fraction of sp³-hybridized carbons (Fsp3) is 0.375. The van der Waals surface area contributed by atoms with Crippen molar-refractivity contribution in [2.45, 2.75) is 26.8 Å². The van der Waals surface area contributed by atoms with E-state index in [1.54, 1.807) is 7.11 Å². The Morgan fingerprint density at radius 2 is 2.05 bits per heavy atom. The summed E-state index contributed by atoms with van der Waals surface area (Å²) in [5.74, 6) is 0.932. The van der Waals surface area contributed by atoms with Gasteiger partial charge in [-0.3, -0.25) is 9.97 Å². The number of rotatable bonds is 6. The Morgan fingerprint density at radius 3 is 2.75 bits per heavy atom. The van der Waals surface area contributed by atoms with Crippen LogP contribution in [0, 0.1) is 13.8 Å². The van der Waals surface area contributed by atoms with Crippen LogP contribution in [0.25, 0.3) is 0 Å². The minimum absolute atomic E-state index is 0.745. The summed E-state index contributed by atoms with van der Waals surface area (Å²) in [6, 6.07) is 5.99. The molecule has 0 aromatic carbocycles. The van der Waals surface area contributed by atoms with E-state index in [1.165, 1.54) is 0 Å². The molecule has 4 nitrogen and oxygen atoms in total. The van der Waals surface area contributed by atoms with Gasteiger partial charge in [0, 0.05) is 48.7 Å². The minimum atomic E-state index is 0.745. The highest BCUT2D eigenvalue weighted by Gasteiger charge is 2.08. The van der Waals surface area contributed by atoms with Crippen molar-refractivity contribution in [3.63, 3.8) is 0 Å². The summed E-state index contributed by atoms with van der Waals surface area (Å²) in [5, 5.41) is 3.40. The average Bonchev–Trinajstić information content (AvgIpc) is 2.47. The van der Waals surface area contributed by atoms with Crippen molar-refractivity contribution in [2.75, 3.05) is 13.7 Å². The first kappa shape index (κ1) is 14.5. The number of hydrogen-bond acceptors (Lipinski definition) is 4. The summed E-state index contributed by atoms with van der Waals surface area (Å²) in [6.45, 7) is 5.69. The van der Waals surface area contributed by atoms with Crippen LogP contribution in [0.3, 0.4) is 0 Å². The standard InChI is InChI=1S/C16H21N3O/c1-12-10-19-15(13(2)16(12)20-3)11-17-9-7-14-6-4-5-8-18-14/h4-6,8,10,17H,7,9,11H2,1-3H3. The molecule has 2 rings (SSSR count). The first-order chi connectivity index (χ1) is 9.72. The van der Waals surface area contributed by atoms with Gasteiger partial charge < -0.3 is 10.1 Å². The van der Waals surface area contributed by atoms with Gasteiger partial charge in [0.25, 0.3) is 0 Å². The molecular weight excluding hydrogens is 250 g/mol. The second-order valence-corrected chi connectivity index (χ2v) is 4.79. The third-order valence-corrected chi connectivity index (χ3v) is 3.33. The summed E-state index contributed by atoms with van der Waals surface area (Å²) >= 11 is 0. The largest absolute Gasteiger partial charge is 0.496 e. The number of aryl methyl sites for hydroxylation is 1. The van der Waals surface area contributed by atoms with E-state index < -0.39 is 0 Å². The lowest BCUT2D eigenvalue weighted by molar-refractivity contribution is 0.406. The van der Waals surface area contributed by atoms with Gasteiger partial charge in [-0.25, -0.2) is 0 Å². The summed E-state index contributed by atoms with van der Waals surface area (Å²) in [4.78, 5) is 8.78. The average molecular weight is 271 g/mol. The number of aromatic nitrogens is 2. The lowest BCUT2D eigenvalue weighted by Gasteiger charge is -2.12. The van der Waals surface area contributed by atoms with Crippen LogP contribution in [0.2, 0.25) is 0 Å². The van der Waals surface area contributed by atoms with Crippen molar-refractivity contribution < 1.29 is 4.74 Å². The van der Waals surface area contributed by atoms with Gasteiger partial charge in [-0.1, -0.05) is 6.07 Å². The zero-order chi connectivity index (χ0) is 14.4. The van der Waals surface area contributed by atoms with Gasteiger partial charge in [0.2, 0.25) is 0 Å². The predicted molar refractivity (Wildman–Crippen MR) is 79.9 cm³/mol. The van der Waals surface area contributed by atoms with Crippen LogP contribution >= 0.6 is 0 Å². The van der Waals surface area contributed by atoms with Gasteiger partial charge in [-0.05, 0) is 26.0 Å². The van der Waals surface area contributed by atoms with Crippen molar-refractivity contribution in [1.29, 1.82) is 0 Å². The zero-order valence-electron chi connectivity index (χ0n) is 12.3. The maximum atomic E-state index is 5.41. The second kappa shape index (κ2) is 7.01. The molecule has 0 unspecified atom stereocenters.